The van der Waals surface area contributed by atoms with Gasteiger partial charge in [0, 0.05) is 5.02 Å². The van der Waals surface area contributed by atoms with Crippen molar-refractivity contribution in [1.29, 1.82) is 5.26 Å². The minimum Gasteiger partial charge on any atom is -0.486 e. The summed E-state index contributed by atoms with van der Waals surface area (Å²) in [5, 5.41) is 13.4. The van der Waals surface area contributed by atoms with Crippen molar-refractivity contribution >= 4 is 23.8 Å². The molecule has 0 spiro atoms. The molecule has 6 nitrogen and oxygen atoms in total. The maximum absolute atomic E-state index is 8.57. The lowest BCUT2D eigenvalue weighted by atomic mass is 10.3. The monoisotopic (exact) mass is 309 g/mol. The van der Waals surface area contributed by atoms with E-state index in [1.54, 1.807) is 24.3 Å². The second-order valence-electron chi connectivity index (χ2n) is 3.94. The van der Waals surface area contributed by atoms with E-state index in [9.17, 15) is 0 Å². The molecule has 2 rings (SSSR count). The molecule has 0 unspecified atom stereocenters. The number of hydrogen-bond donors (Lipinski definition) is 1. The Balaban J connectivity index is 2.08. The fourth-order valence-electron chi connectivity index (χ4n) is 1.54. The summed E-state index contributed by atoms with van der Waals surface area (Å²) in [5.41, 5.74) is 0. The van der Waals surface area contributed by atoms with E-state index in [1.165, 1.54) is 9.36 Å². The molecule has 20 heavy (non-hydrogen) atoms. The van der Waals surface area contributed by atoms with Crippen LogP contribution in [-0.2, 0) is 13.2 Å². The lowest BCUT2D eigenvalue weighted by molar-refractivity contribution is 0.291. The Morgan fingerprint density at radius 1 is 1.40 bits per heavy atom. The zero-order valence-corrected chi connectivity index (χ0v) is 12.1. The highest BCUT2D eigenvalue weighted by molar-refractivity contribution is 7.71. The van der Waals surface area contributed by atoms with E-state index in [0.717, 1.165) is 0 Å². The van der Waals surface area contributed by atoms with Gasteiger partial charge in [-0.3, -0.25) is 0 Å². The van der Waals surface area contributed by atoms with E-state index in [0.29, 0.717) is 34.3 Å². The standard InChI is InChI=1S/C12H12ClN5OS/c13-9-2-4-10(5-3-9)19-8-11-16-17(7-1-6-14)12(20)18(11)15/h2-5H,1,7-8,15H2. The van der Waals surface area contributed by atoms with Gasteiger partial charge in [0.15, 0.2) is 5.82 Å². The molecule has 0 saturated heterocycles. The van der Waals surface area contributed by atoms with Crippen molar-refractivity contribution in [1.82, 2.24) is 14.5 Å². The molecule has 1 aromatic heterocycles. The minimum absolute atomic E-state index is 0.182. The number of aromatic nitrogens is 3. The van der Waals surface area contributed by atoms with Crippen molar-refractivity contribution in [3.05, 3.63) is 39.9 Å². The predicted molar refractivity (Wildman–Crippen MR) is 77.2 cm³/mol. The summed E-state index contributed by atoms with van der Waals surface area (Å²) >= 11 is 10.9. The van der Waals surface area contributed by atoms with Gasteiger partial charge in [-0.05, 0) is 36.5 Å². The maximum Gasteiger partial charge on any atom is 0.216 e. The average molecular weight is 310 g/mol. The van der Waals surface area contributed by atoms with Crippen molar-refractivity contribution in [2.24, 2.45) is 0 Å². The van der Waals surface area contributed by atoms with Crippen molar-refractivity contribution in [3.63, 3.8) is 0 Å². The van der Waals surface area contributed by atoms with Gasteiger partial charge >= 0.3 is 0 Å². The molecule has 2 aromatic rings. The molecule has 0 aliphatic heterocycles. The fraction of sp³-hybridized carbons (Fsp3) is 0.250. The summed E-state index contributed by atoms with van der Waals surface area (Å²) in [6.07, 6.45) is 0.322. The van der Waals surface area contributed by atoms with E-state index < -0.39 is 0 Å². The second-order valence-corrected chi connectivity index (χ2v) is 4.74. The van der Waals surface area contributed by atoms with Crippen LogP contribution in [-0.4, -0.2) is 14.5 Å². The number of hydrogen-bond acceptors (Lipinski definition) is 5. The molecule has 0 fully saturated rings. The summed E-state index contributed by atoms with van der Waals surface area (Å²) in [7, 11) is 0. The first-order valence-electron chi connectivity index (χ1n) is 5.81. The minimum atomic E-state index is 0.182. The quantitative estimate of drug-likeness (QED) is 0.677. The average Bonchev–Trinajstić information content (AvgIpc) is 2.72. The highest BCUT2D eigenvalue weighted by atomic mass is 35.5. The van der Waals surface area contributed by atoms with Crippen LogP contribution in [0.25, 0.3) is 0 Å². The number of nitrogen functional groups attached to an aromatic ring is 1. The maximum atomic E-state index is 8.57. The van der Waals surface area contributed by atoms with Crippen LogP contribution in [0.5, 0.6) is 5.75 Å². The van der Waals surface area contributed by atoms with Crippen LogP contribution in [0.2, 0.25) is 5.02 Å². The first-order valence-corrected chi connectivity index (χ1v) is 6.59. The molecule has 0 aliphatic rings. The van der Waals surface area contributed by atoms with Gasteiger partial charge in [0.05, 0.1) is 19.0 Å². The van der Waals surface area contributed by atoms with Crippen LogP contribution >= 0.6 is 23.8 Å². The van der Waals surface area contributed by atoms with Crippen LogP contribution in [0.3, 0.4) is 0 Å². The highest BCUT2D eigenvalue weighted by Gasteiger charge is 2.09. The van der Waals surface area contributed by atoms with Gasteiger partial charge < -0.3 is 10.6 Å². The lowest BCUT2D eigenvalue weighted by Crippen LogP contribution is -2.14. The van der Waals surface area contributed by atoms with Crippen molar-refractivity contribution in [2.45, 2.75) is 19.6 Å². The summed E-state index contributed by atoms with van der Waals surface area (Å²) in [5.74, 6) is 6.96. The number of nitrogens with two attached hydrogens (primary N) is 1. The third-order valence-corrected chi connectivity index (χ3v) is 3.22. The molecule has 8 heteroatoms. The first-order chi connectivity index (χ1) is 9.61. The van der Waals surface area contributed by atoms with E-state index in [2.05, 4.69) is 5.10 Å². The molecule has 0 radical (unpaired) electrons. The number of rotatable bonds is 5. The fourth-order valence-corrected chi connectivity index (χ4v) is 1.91. The smallest absolute Gasteiger partial charge is 0.216 e. The molecule has 1 heterocycles. The van der Waals surface area contributed by atoms with E-state index in [4.69, 9.17) is 39.7 Å². The third-order valence-electron chi connectivity index (χ3n) is 2.56. The van der Waals surface area contributed by atoms with Gasteiger partial charge in [0.25, 0.3) is 0 Å². The zero-order valence-electron chi connectivity index (χ0n) is 10.5. The lowest BCUT2D eigenvalue weighted by Gasteiger charge is -2.04. The van der Waals surface area contributed by atoms with Gasteiger partial charge in [-0.15, -0.1) is 0 Å². The SMILES string of the molecule is N#CCCn1nc(COc2ccc(Cl)cc2)n(N)c1=S. The second kappa shape index (κ2) is 6.41. The molecular formula is C12H12ClN5OS. The molecule has 0 atom stereocenters. The summed E-state index contributed by atoms with van der Waals surface area (Å²) in [4.78, 5) is 0. The van der Waals surface area contributed by atoms with E-state index in [-0.39, 0.29) is 6.61 Å². The molecule has 0 bridgehead atoms. The third kappa shape index (κ3) is 3.29. The number of aryl methyl sites for hydroxylation is 1. The van der Waals surface area contributed by atoms with Crippen LogP contribution in [0.1, 0.15) is 12.2 Å². The number of ether oxygens (including phenoxy) is 1. The van der Waals surface area contributed by atoms with E-state index in [1.807, 2.05) is 6.07 Å². The van der Waals surface area contributed by atoms with Gasteiger partial charge in [-0.1, -0.05) is 11.6 Å². The Morgan fingerprint density at radius 3 is 2.75 bits per heavy atom. The van der Waals surface area contributed by atoms with Crippen LogP contribution in [0.4, 0.5) is 0 Å². The molecule has 104 valence electrons. The Kier molecular flexibility index (Phi) is 4.61. The molecule has 1 aromatic carbocycles. The number of halogens is 1. The largest absolute Gasteiger partial charge is 0.486 e. The Morgan fingerprint density at radius 2 is 2.10 bits per heavy atom. The van der Waals surface area contributed by atoms with Crippen LogP contribution in [0, 0.1) is 16.1 Å². The zero-order chi connectivity index (χ0) is 14.5. The number of nitrogens with zero attached hydrogens (tertiary/aromatic N) is 4. The van der Waals surface area contributed by atoms with Gasteiger partial charge in [-0.2, -0.15) is 10.4 Å². The number of nitriles is 1. The summed E-state index contributed by atoms with van der Waals surface area (Å²) in [6.45, 7) is 0.592. The van der Waals surface area contributed by atoms with Crippen LogP contribution in [0.15, 0.2) is 24.3 Å². The topological polar surface area (TPSA) is 81.8 Å². The summed E-state index contributed by atoms with van der Waals surface area (Å²) < 4.78 is 8.70. The summed E-state index contributed by atoms with van der Waals surface area (Å²) in [6, 6.07) is 9.01. The normalized spacial score (nSPS) is 10.2. The predicted octanol–water partition coefficient (Wildman–Crippen LogP) is 2.27. The molecule has 0 amide bonds. The van der Waals surface area contributed by atoms with Crippen molar-refractivity contribution in [2.75, 3.05) is 5.84 Å². The van der Waals surface area contributed by atoms with Crippen LogP contribution < -0.4 is 10.6 Å². The van der Waals surface area contributed by atoms with E-state index >= 15 is 0 Å². The first kappa shape index (κ1) is 14.4. The molecule has 0 saturated carbocycles. The van der Waals surface area contributed by atoms with Gasteiger partial charge in [-0.25, -0.2) is 9.36 Å². The molecule has 0 aliphatic carbocycles. The number of benzene rings is 1. The molecular weight excluding hydrogens is 298 g/mol. The van der Waals surface area contributed by atoms with Crippen molar-refractivity contribution in [3.8, 4) is 11.8 Å². The van der Waals surface area contributed by atoms with Gasteiger partial charge in [0.2, 0.25) is 4.77 Å². The Labute approximate surface area is 125 Å². The molecule has 2 N–H and O–H groups in total. The van der Waals surface area contributed by atoms with Crippen molar-refractivity contribution < 1.29 is 4.74 Å². The Hall–Kier alpha value is -2.04. The highest BCUT2D eigenvalue weighted by Crippen LogP contribution is 2.16. The van der Waals surface area contributed by atoms with Gasteiger partial charge in [0.1, 0.15) is 12.4 Å². The Bertz CT molecular complexity index is 685.